The molecule has 0 saturated carbocycles. The van der Waals surface area contributed by atoms with Crippen molar-refractivity contribution in [2.45, 2.75) is 38.5 Å². The molecule has 6 heteroatoms. The van der Waals surface area contributed by atoms with E-state index in [1.54, 1.807) is 0 Å². The molecule has 19 heavy (non-hydrogen) atoms. The molecule has 1 aliphatic heterocycles. The smallest absolute Gasteiger partial charge is 0.328 e. The molecule has 1 fully saturated rings. The van der Waals surface area contributed by atoms with Crippen molar-refractivity contribution >= 4 is 18.2 Å². The van der Waals surface area contributed by atoms with Crippen molar-refractivity contribution in [3.63, 3.8) is 0 Å². The van der Waals surface area contributed by atoms with Crippen LogP contribution < -0.4 is 0 Å². The third-order valence-corrected chi connectivity index (χ3v) is 3.08. The Morgan fingerprint density at radius 1 is 1.42 bits per heavy atom. The summed E-state index contributed by atoms with van der Waals surface area (Å²) in [5, 5.41) is 0. The molecule has 1 amide bonds. The highest BCUT2D eigenvalue weighted by Crippen LogP contribution is 2.26. The van der Waals surface area contributed by atoms with Gasteiger partial charge in [0.05, 0.1) is 7.11 Å². The van der Waals surface area contributed by atoms with E-state index in [0.717, 1.165) is 5.57 Å². The van der Waals surface area contributed by atoms with Gasteiger partial charge in [-0.2, -0.15) is 0 Å². The first kappa shape index (κ1) is 15.4. The van der Waals surface area contributed by atoms with E-state index in [4.69, 9.17) is 9.47 Å². The van der Waals surface area contributed by atoms with Crippen molar-refractivity contribution in [1.29, 1.82) is 0 Å². The normalized spacial score (nSPS) is 23.4. The van der Waals surface area contributed by atoms with Crippen LogP contribution in [0.4, 0.5) is 0 Å². The number of methoxy groups -OCH3 is 2. The molecular formula is C13H19NO5. The summed E-state index contributed by atoms with van der Waals surface area (Å²) in [5.74, 6) is -0.899. The van der Waals surface area contributed by atoms with Gasteiger partial charge in [0.2, 0.25) is 0 Å². The molecule has 0 radical (unpaired) electrons. The van der Waals surface area contributed by atoms with Crippen molar-refractivity contribution in [2.24, 2.45) is 0 Å². The van der Waals surface area contributed by atoms with Crippen LogP contribution in [0.25, 0.3) is 0 Å². The average molecular weight is 269 g/mol. The van der Waals surface area contributed by atoms with Gasteiger partial charge in [-0.3, -0.25) is 4.79 Å². The van der Waals surface area contributed by atoms with Crippen molar-refractivity contribution in [3.8, 4) is 0 Å². The van der Waals surface area contributed by atoms with Gasteiger partial charge in [-0.1, -0.05) is 11.6 Å². The topological polar surface area (TPSA) is 72.9 Å². The van der Waals surface area contributed by atoms with E-state index in [9.17, 15) is 14.4 Å². The first-order valence-electron chi connectivity index (χ1n) is 5.99. The fourth-order valence-corrected chi connectivity index (χ4v) is 2.05. The maximum absolute atomic E-state index is 11.9. The highest BCUT2D eigenvalue weighted by molar-refractivity contribution is 5.98. The number of β-lactam (4-membered cyclic amide) rings is 1. The third kappa shape index (κ3) is 3.01. The van der Waals surface area contributed by atoms with E-state index in [1.807, 2.05) is 19.9 Å². The summed E-state index contributed by atoms with van der Waals surface area (Å²) < 4.78 is 9.62. The van der Waals surface area contributed by atoms with Crippen molar-refractivity contribution in [2.75, 3.05) is 14.2 Å². The van der Waals surface area contributed by atoms with Crippen LogP contribution in [0.2, 0.25) is 0 Å². The second-order valence-electron chi connectivity index (χ2n) is 4.58. The first-order valence-corrected chi connectivity index (χ1v) is 5.99. The number of likely N-dealkylation sites (tertiary alicyclic amines) is 1. The van der Waals surface area contributed by atoms with Gasteiger partial charge in [-0.25, -0.2) is 4.79 Å². The Morgan fingerprint density at radius 2 is 2.05 bits per heavy atom. The van der Waals surface area contributed by atoms with Gasteiger partial charge in [-0.05, 0) is 20.3 Å². The Kier molecular flexibility index (Phi) is 5.23. The molecular weight excluding hydrogens is 250 g/mol. The zero-order valence-corrected chi connectivity index (χ0v) is 11.6. The largest absolute Gasteiger partial charge is 0.467 e. The van der Waals surface area contributed by atoms with Gasteiger partial charge in [0.1, 0.15) is 18.4 Å². The number of carbonyl (C=O) groups excluding carboxylic acids is 3. The maximum atomic E-state index is 11.9. The van der Waals surface area contributed by atoms with E-state index in [0.29, 0.717) is 12.7 Å². The highest BCUT2D eigenvalue weighted by Gasteiger charge is 2.52. The lowest BCUT2D eigenvalue weighted by molar-refractivity contribution is -0.182. The van der Waals surface area contributed by atoms with Gasteiger partial charge >= 0.3 is 5.97 Å². The number of hydrogen-bond acceptors (Lipinski definition) is 5. The van der Waals surface area contributed by atoms with E-state index < -0.39 is 24.2 Å². The van der Waals surface area contributed by atoms with E-state index in [2.05, 4.69) is 0 Å². The van der Waals surface area contributed by atoms with Crippen LogP contribution >= 0.6 is 0 Å². The highest BCUT2D eigenvalue weighted by atomic mass is 16.5. The fourth-order valence-electron chi connectivity index (χ4n) is 2.05. The first-order chi connectivity index (χ1) is 8.97. The minimum Gasteiger partial charge on any atom is -0.467 e. The summed E-state index contributed by atoms with van der Waals surface area (Å²) in [6.45, 7) is 3.78. The number of carbonyl (C=O) groups is 3. The van der Waals surface area contributed by atoms with Crippen LogP contribution in [0.5, 0.6) is 0 Å². The quantitative estimate of drug-likeness (QED) is 0.300. The molecule has 6 nitrogen and oxygen atoms in total. The molecule has 1 saturated heterocycles. The SMILES string of the molecule is COC(=O)C(CC=C(C)C)N1C(=O)[C@H](OC)[C@@H]1C=O. The van der Waals surface area contributed by atoms with Crippen molar-refractivity contribution in [3.05, 3.63) is 11.6 Å². The van der Waals surface area contributed by atoms with Crippen molar-refractivity contribution in [1.82, 2.24) is 4.90 Å². The third-order valence-electron chi connectivity index (χ3n) is 3.08. The summed E-state index contributed by atoms with van der Waals surface area (Å²) in [5.41, 5.74) is 1.02. The second-order valence-corrected chi connectivity index (χ2v) is 4.58. The van der Waals surface area contributed by atoms with E-state index in [-0.39, 0.29) is 5.91 Å². The Bertz CT molecular complexity index is 400. The standard InChI is InChI=1S/C13H19NO5/c1-8(2)5-6-9(13(17)19-4)14-10(7-15)11(18-3)12(14)16/h5,7,9-11H,6H2,1-4H3/t9?,10-,11+/m0/s1. The van der Waals surface area contributed by atoms with Crippen LogP contribution in [0.15, 0.2) is 11.6 Å². The number of allylic oxidation sites excluding steroid dienone is 1. The molecule has 0 bridgehead atoms. The summed E-state index contributed by atoms with van der Waals surface area (Å²) in [6, 6.07) is -1.51. The lowest BCUT2D eigenvalue weighted by atomic mass is 9.94. The number of hydrogen-bond donors (Lipinski definition) is 0. The monoisotopic (exact) mass is 269 g/mol. The predicted octanol–water partition coefficient (Wildman–Crippen LogP) is 0.309. The number of amides is 1. The van der Waals surface area contributed by atoms with Crippen LogP contribution in [-0.2, 0) is 23.9 Å². The van der Waals surface area contributed by atoms with Gasteiger partial charge in [0, 0.05) is 7.11 Å². The Labute approximate surface area is 112 Å². The van der Waals surface area contributed by atoms with Gasteiger partial charge in [0.15, 0.2) is 6.10 Å². The van der Waals surface area contributed by atoms with Crippen molar-refractivity contribution < 1.29 is 23.9 Å². The zero-order valence-electron chi connectivity index (χ0n) is 11.6. The number of rotatable bonds is 6. The molecule has 0 aromatic heterocycles. The zero-order chi connectivity index (χ0) is 14.6. The number of ether oxygens (including phenoxy) is 2. The molecule has 0 aliphatic carbocycles. The van der Waals surface area contributed by atoms with Crippen LogP contribution in [-0.4, -0.2) is 55.5 Å². The summed E-state index contributed by atoms with van der Waals surface area (Å²) in [6.07, 6.45) is 1.98. The Morgan fingerprint density at radius 3 is 2.47 bits per heavy atom. The van der Waals surface area contributed by atoms with Crippen LogP contribution in [0, 0.1) is 0 Å². The maximum Gasteiger partial charge on any atom is 0.328 e. The van der Waals surface area contributed by atoms with E-state index >= 15 is 0 Å². The summed E-state index contributed by atoms with van der Waals surface area (Å²) >= 11 is 0. The Hall–Kier alpha value is -1.69. The van der Waals surface area contributed by atoms with Gasteiger partial charge in [0.25, 0.3) is 5.91 Å². The predicted molar refractivity (Wildman–Crippen MR) is 67.3 cm³/mol. The molecule has 1 heterocycles. The van der Waals surface area contributed by atoms with Gasteiger partial charge in [-0.15, -0.1) is 0 Å². The fraction of sp³-hybridized carbons (Fsp3) is 0.615. The minimum atomic E-state index is -0.795. The molecule has 1 rings (SSSR count). The van der Waals surface area contributed by atoms with Crippen LogP contribution in [0.1, 0.15) is 20.3 Å². The average Bonchev–Trinajstić information content (AvgIpc) is 2.38. The molecule has 3 atom stereocenters. The molecule has 0 aromatic carbocycles. The second kappa shape index (κ2) is 6.47. The molecule has 1 aliphatic rings. The Balaban J connectivity index is 2.92. The molecule has 0 N–H and O–H groups in total. The van der Waals surface area contributed by atoms with Gasteiger partial charge < -0.3 is 19.2 Å². The molecule has 0 aromatic rings. The minimum absolute atomic E-state index is 0.321. The number of nitrogens with zero attached hydrogens (tertiary/aromatic N) is 1. The van der Waals surface area contributed by atoms with Crippen LogP contribution in [0.3, 0.4) is 0 Å². The number of aldehydes is 1. The lowest BCUT2D eigenvalue weighted by Gasteiger charge is -2.46. The molecule has 106 valence electrons. The molecule has 1 unspecified atom stereocenters. The lowest BCUT2D eigenvalue weighted by Crippen LogP contribution is -2.70. The summed E-state index contributed by atoms with van der Waals surface area (Å²) in [7, 11) is 2.62. The molecule has 0 spiro atoms. The summed E-state index contributed by atoms with van der Waals surface area (Å²) in [4.78, 5) is 35.9. The van der Waals surface area contributed by atoms with E-state index in [1.165, 1.54) is 19.1 Å². The number of esters is 1.